The summed E-state index contributed by atoms with van der Waals surface area (Å²) >= 11 is 0. The minimum absolute atomic E-state index is 0.186. The lowest BCUT2D eigenvalue weighted by Crippen LogP contribution is -2.43. The third-order valence-electron chi connectivity index (χ3n) is 4.07. The highest BCUT2D eigenvalue weighted by atomic mass is 16.5. The van der Waals surface area contributed by atoms with E-state index in [0.717, 1.165) is 31.5 Å². The normalized spacial score (nSPS) is 22.0. The fraction of sp³-hybridized carbons (Fsp3) is 0.750. The number of anilines is 1. The Morgan fingerprint density at radius 1 is 1.35 bits per heavy atom. The Bertz CT molecular complexity index is 481. The summed E-state index contributed by atoms with van der Waals surface area (Å²) in [6.45, 7) is 9.66. The molecule has 0 spiro atoms. The minimum Gasteiger partial charge on any atom is -0.383 e. The van der Waals surface area contributed by atoms with Gasteiger partial charge in [-0.3, -0.25) is 4.68 Å². The fourth-order valence-electron chi connectivity index (χ4n) is 3.21. The lowest BCUT2D eigenvalue weighted by molar-refractivity contribution is 0.142. The molecule has 1 saturated heterocycles. The maximum Gasteiger partial charge on any atom is 0.319 e. The number of carbonyl (C=O) groups is 1. The van der Waals surface area contributed by atoms with Gasteiger partial charge in [0.25, 0.3) is 0 Å². The van der Waals surface area contributed by atoms with Crippen LogP contribution in [0.4, 0.5) is 10.5 Å². The molecule has 1 aliphatic heterocycles. The first-order valence-electron chi connectivity index (χ1n) is 8.35. The fourth-order valence-corrected chi connectivity index (χ4v) is 3.21. The summed E-state index contributed by atoms with van der Waals surface area (Å²) in [7, 11) is 1.65. The van der Waals surface area contributed by atoms with E-state index in [-0.39, 0.29) is 6.03 Å². The number of carbonyl (C=O) groups excluding carboxylic acids is 1. The summed E-state index contributed by atoms with van der Waals surface area (Å²) in [5, 5.41) is 9.87. The Kier molecular flexibility index (Phi) is 6.85. The maximum absolute atomic E-state index is 11.9. The lowest BCUT2D eigenvalue weighted by Gasteiger charge is -2.34. The molecule has 130 valence electrons. The molecule has 2 rings (SSSR count). The molecule has 7 nitrogen and oxygen atoms in total. The first kappa shape index (κ1) is 17.7. The van der Waals surface area contributed by atoms with Crippen molar-refractivity contribution in [3.8, 4) is 0 Å². The molecule has 0 saturated carbocycles. The van der Waals surface area contributed by atoms with Crippen LogP contribution in [0, 0.1) is 11.8 Å². The van der Waals surface area contributed by atoms with Gasteiger partial charge in [0.1, 0.15) is 0 Å². The highest BCUT2D eigenvalue weighted by Gasteiger charge is 2.21. The Morgan fingerprint density at radius 3 is 2.78 bits per heavy atom. The van der Waals surface area contributed by atoms with Crippen molar-refractivity contribution in [3.05, 3.63) is 12.4 Å². The molecule has 1 aromatic rings. The van der Waals surface area contributed by atoms with E-state index in [0.29, 0.717) is 25.4 Å². The van der Waals surface area contributed by atoms with Crippen LogP contribution in [0.2, 0.25) is 0 Å². The second-order valence-corrected chi connectivity index (χ2v) is 6.57. The van der Waals surface area contributed by atoms with E-state index >= 15 is 0 Å². The second kappa shape index (κ2) is 8.88. The van der Waals surface area contributed by atoms with Gasteiger partial charge in [0.2, 0.25) is 0 Å². The Morgan fingerprint density at radius 2 is 2.09 bits per heavy atom. The van der Waals surface area contributed by atoms with Crippen molar-refractivity contribution in [2.24, 2.45) is 11.8 Å². The van der Waals surface area contributed by atoms with E-state index in [9.17, 15) is 4.79 Å². The molecule has 23 heavy (non-hydrogen) atoms. The number of hydrogen-bond acceptors (Lipinski definition) is 4. The Balaban J connectivity index is 1.66. The summed E-state index contributed by atoms with van der Waals surface area (Å²) in [4.78, 5) is 14.3. The lowest BCUT2D eigenvalue weighted by atomic mass is 9.92. The third-order valence-corrected chi connectivity index (χ3v) is 4.07. The standard InChI is InChI=1S/C16H29N5O2/c1-13-8-14(2)11-20(10-13)5-4-17-16(22)19-15-9-18-21(12-15)6-7-23-3/h9,12-14H,4-8,10-11H2,1-3H3,(H2,17,19,22)/t13-,14-/m0/s1. The van der Waals surface area contributed by atoms with Gasteiger partial charge in [-0.15, -0.1) is 0 Å². The van der Waals surface area contributed by atoms with Crippen molar-refractivity contribution in [2.45, 2.75) is 26.8 Å². The van der Waals surface area contributed by atoms with Crippen molar-refractivity contribution < 1.29 is 9.53 Å². The number of rotatable bonds is 7. The van der Waals surface area contributed by atoms with Crippen molar-refractivity contribution in [1.29, 1.82) is 0 Å². The number of likely N-dealkylation sites (tertiary alicyclic amines) is 1. The predicted molar refractivity (Wildman–Crippen MR) is 90.5 cm³/mol. The maximum atomic E-state index is 11.9. The van der Waals surface area contributed by atoms with E-state index in [4.69, 9.17) is 4.74 Å². The SMILES string of the molecule is COCCn1cc(NC(=O)NCCN2C[C@@H](C)C[C@H](C)C2)cn1. The van der Waals surface area contributed by atoms with E-state index in [2.05, 4.69) is 34.5 Å². The van der Waals surface area contributed by atoms with E-state index in [1.54, 1.807) is 24.2 Å². The number of methoxy groups -OCH3 is 1. The van der Waals surface area contributed by atoms with Crippen molar-refractivity contribution in [3.63, 3.8) is 0 Å². The number of aromatic nitrogens is 2. The topological polar surface area (TPSA) is 71.4 Å². The van der Waals surface area contributed by atoms with E-state index in [1.165, 1.54) is 6.42 Å². The number of urea groups is 1. The van der Waals surface area contributed by atoms with Crippen LogP contribution >= 0.6 is 0 Å². The Hall–Kier alpha value is -1.60. The largest absolute Gasteiger partial charge is 0.383 e. The molecule has 1 fully saturated rings. The van der Waals surface area contributed by atoms with Crippen LogP contribution in [-0.2, 0) is 11.3 Å². The average molecular weight is 323 g/mol. The molecule has 2 amide bonds. The summed E-state index contributed by atoms with van der Waals surface area (Å²) in [5.74, 6) is 1.48. The highest BCUT2D eigenvalue weighted by molar-refractivity contribution is 5.88. The van der Waals surface area contributed by atoms with Gasteiger partial charge in [-0.2, -0.15) is 5.10 Å². The van der Waals surface area contributed by atoms with Gasteiger partial charge in [0.05, 0.1) is 25.0 Å². The molecule has 0 aromatic carbocycles. The number of piperidine rings is 1. The van der Waals surface area contributed by atoms with Crippen LogP contribution in [0.5, 0.6) is 0 Å². The van der Waals surface area contributed by atoms with Crippen LogP contribution in [0.1, 0.15) is 20.3 Å². The zero-order valence-electron chi connectivity index (χ0n) is 14.4. The van der Waals surface area contributed by atoms with Crippen LogP contribution < -0.4 is 10.6 Å². The van der Waals surface area contributed by atoms with Gasteiger partial charge in [-0.25, -0.2) is 4.79 Å². The molecule has 2 N–H and O–H groups in total. The summed E-state index contributed by atoms with van der Waals surface area (Å²) in [5.41, 5.74) is 0.693. The molecule has 0 radical (unpaired) electrons. The number of amides is 2. The van der Waals surface area contributed by atoms with Gasteiger partial charge in [-0.1, -0.05) is 13.8 Å². The zero-order valence-corrected chi connectivity index (χ0v) is 14.4. The monoisotopic (exact) mass is 323 g/mol. The third kappa shape index (κ3) is 6.19. The van der Waals surface area contributed by atoms with Crippen LogP contribution in [-0.4, -0.2) is 60.6 Å². The molecular weight excluding hydrogens is 294 g/mol. The van der Waals surface area contributed by atoms with Crippen molar-refractivity contribution in [1.82, 2.24) is 20.0 Å². The highest BCUT2D eigenvalue weighted by Crippen LogP contribution is 2.20. The van der Waals surface area contributed by atoms with Crippen LogP contribution in [0.25, 0.3) is 0 Å². The summed E-state index contributed by atoms with van der Waals surface area (Å²) in [6.07, 6.45) is 4.74. The van der Waals surface area contributed by atoms with Crippen molar-refractivity contribution >= 4 is 11.7 Å². The molecule has 0 unspecified atom stereocenters. The Labute approximate surface area is 138 Å². The van der Waals surface area contributed by atoms with Crippen molar-refractivity contribution in [2.75, 3.05) is 45.2 Å². The molecular formula is C16H29N5O2. The first-order chi connectivity index (χ1) is 11.1. The zero-order chi connectivity index (χ0) is 16.7. The number of nitrogens with zero attached hydrogens (tertiary/aromatic N) is 3. The molecule has 0 aliphatic carbocycles. The van der Waals surface area contributed by atoms with Crippen LogP contribution in [0.15, 0.2) is 12.4 Å². The first-order valence-corrected chi connectivity index (χ1v) is 8.35. The van der Waals surface area contributed by atoms with Crippen LogP contribution in [0.3, 0.4) is 0 Å². The van der Waals surface area contributed by atoms with E-state index in [1.807, 2.05) is 0 Å². The average Bonchev–Trinajstić information content (AvgIpc) is 2.91. The molecule has 1 aromatic heterocycles. The van der Waals surface area contributed by atoms with Gasteiger partial charge in [0.15, 0.2) is 0 Å². The number of hydrogen-bond donors (Lipinski definition) is 2. The minimum atomic E-state index is -0.186. The summed E-state index contributed by atoms with van der Waals surface area (Å²) in [6, 6.07) is -0.186. The van der Waals surface area contributed by atoms with Gasteiger partial charge < -0.3 is 20.3 Å². The molecule has 0 bridgehead atoms. The quantitative estimate of drug-likeness (QED) is 0.800. The predicted octanol–water partition coefficient (Wildman–Crippen LogP) is 1.63. The number of ether oxygens (including phenoxy) is 1. The van der Waals surface area contributed by atoms with Gasteiger partial charge >= 0.3 is 6.03 Å². The molecule has 2 atom stereocenters. The van der Waals surface area contributed by atoms with E-state index < -0.39 is 0 Å². The van der Waals surface area contributed by atoms with Gasteiger partial charge in [0, 0.05) is 39.5 Å². The molecule has 7 heteroatoms. The summed E-state index contributed by atoms with van der Waals surface area (Å²) < 4.78 is 6.74. The smallest absolute Gasteiger partial charge is 0.319 e. The second-order valence-electron chi connectivity index (χ2n) is 6.57. The molecule has 2 heterocycles. The molecule has 1 aliphatic rings. The van der Waals surface area contributed by atoms with Gasteiger partial charge in [-0.05, 0) is 18.3 Å². The number of nitrogens with one attached hydrogen (secondary N) is 2.